The van der Waals surface area contributed by atoms with Gasteiger partial charge in [-0.3, -0.25) is 0 Å². The number of anilines is 1. The summed E-state index contributed by atoms with van der Waals surface area (Å²) in [6, 6.07) is 9.77. The molecule has 0 atom stereocenters. The molecule has 0 radical (unpaired) electrons. The van der Waals surface area contributed by atoms with Crippen LogP contribution in [0.25, 0.3) is 10.6 Å². The van der Waals surface area contributed by atoms with Gasteiger partial charge in [0.25, 0.3) is 10.0 Å². The number of halogens is 1. The number of hydrogen-bond donors (Lipinski definition) is 1. The van der Waals surface area contributed by atoms with Gasteiger partial charge in [0.05, 0.1) is 10.5 Å². The summed E-state index contributed by atoms with van der Waals surface area (Å²) in [5.41, 5.74) is 1.08. The summed E-state index contributed by atoms with van der Waals surface area (Å²) in [4.78, 5) is 15.6. The van der Waals surface area contributed by atoms with Crippen LogP contribution in [0.3, 0.4) is 0 Å². The Hall–Kier alpha value is -2.78. The summed E-state index contributed by atoms with van der Waals surface area (Å²) in [5.74, 6) is -1.33. The standard InChI is InChI=1S/C19H17FN2O4S2/c1-3-22(17-11-27-18(21-17)13-5-7-14(20)8-6-13)28(25,26)15-9-4-12(2)16(10-15)19(23)24/h4-11H,3H2,1-2H3,(H,23,24). The molecule has 1 aromatic heterocycles. The van der Waals surface area contributed by atoms with Crippen molar-refractivity contribution in [2.45, 2.75) is 18.7 Å². The van der Waals surface area contributed by atoms with Gasteiger partial charge in [-0.2, -0.15) is 0 Å². The zero-order valence-electron chi connectivity index (χ0n) is 15.1. The highest BCUT2D eigenvalue weighted by atomic mass is 32.2. The molecule has 0 saturated heterocycles. The largest absolute Gasteiger partial charge is 0.478 e. The van der Waals surface area contributed by atoms with Crippen molar-refractivity contribution < 1.29 is 22.7 Å². The first-order chi connectivity index (χ1) is 13.2. The lowest BCUT2D eigenvalue weighted by Crippen LogP contribution is -2.31. The molecule has 0 unspecified atom stereocenters. The van der Waals surface area contributed by atoms with E-state index in [4.69, 9.17) is 0 Å². The molecule has 0 fully saturated rings. The van der Waals surface area contributed by atoms with Crippen molar-refractivity contribution in [1.29, 1.82) is 0 Å². The van der Waals surface area contributed by atoms with Crippen LogP contribution in [-0.2, 0) is 10.0 Å². The van der Waals surface area contributed by atoms with Crippen LogP contribution >= 0.6 is 11.3 Å². The lowest BCUT2D eigenvalue weighted by atomic mass is 10.1. The second-order valence-corrected chi connectivity index (χ2v) is 8.69. The van der Waals surface area contributed by atoms with E-state index in [2.05, 4.69) is 4.98 Å². The molecule has 1 heterocycles. The van der Waals surface area contributed by atoms with E-state index in [0.29, 0.717) is 16.1 Å². The number of rotatable bonds is 6. The number of thiazole rings is 1. The molecule has 9 heteroatoms. The van der Waals surface area contributed by atoms with Crippen molar-refractivity contribution in [2.75, 3.05) is 10.8 Å². The van der Waals surface area contributed by atoms with E-state index >= 15 is 0 Å². The van der Waals surface area contributed by atoms with Crippen LogP contribution in [0, 0.1) is 12.7 Å². The fourth-order valence-corrected chi connectivity index (χ4v) is 5.00. The second-order valence-electron chi connectivity index (χ2n) is 5.97. The van der Waals surface area contributed by atoms with Gasteiger partial charge >= 0.3 is 5.97 Å². The number of aromatic nitrogens is 1. The number of hydrogen-bond acceptors (Lipinski definition) is 5. The van der Waals surface area contributed by atoms with E-state index in [-0.39, 0.29) is 28.6 Å². The Morgan fingerprint density at radius 3 is 2.50 bits per heavy atom. The van der Waals surface area contributed by atoms with Gasteiger partial charge in [0.1, 0.15) is 10.8 Å². The average Bonchev–Trinajstić information content (AvgIpc) is 3.12. The Bertz CT molecular complexity index is 1130. The first kappa shape index (κ1) is 20.0. The number of carboxylic acids is 1. The van der Waals surface area contributed by atoms with Gasteiger partial charge in [-0.1, -0.05) is 6.07 Å². The van der Waals surface area contributed by atoms with Crippen LogP contribution in [0.5, 0.6) is 0 Å². The summed E-state index contributed by atoms with van der Waals surface area (Å²) in [6.45, 7) is 3.39. The number of nitrogens with zero attached hydrogens (tertiary/aromatic N) is 2. The normalized spacial score (nSPS) is 11.4. The van der Waals surface area contributed by atoms with Crippen molar-refractivity contribution in [3.05, 3.63) is 64.8 Å². The van der Waals surface area contributed by atoms with Gasteiger partial charge < -0.3 is 5.11 Å². The van der Waals surface area contributed by atoms with E-state index in [0.717, 1.165) is 10.4 Å². The van der Waals surface area contributed by atoms with Crippen molar-refractivity contribution in [3.8, 4) is 10.6 Å². The fourth-order valence-electron chi connectivity index (χ4n) is 2.68. The summed E-state index contributed by atoms with van der Waals surface area (Å²) in [6.07, 6.45) is 0. The maximum Gasteiger partial charge on any atom is 0.335 e. The lowest BCUT2D eigenvalue weighted by Gasteiger charge is -2.20. The molecule has 3 aromatic rings. The topological polar surface area (TPSA) is 87.6 Å². The minimum Gasteiger partial charge on any atom is -0.478 e. The maximum atomic E-state index is 13.1. The Kier molecular flexibility index (Phi) is 5.48. The lowest BCUT2D eigenvalue weighted by molar-refractivity contribution is 0.0696. The molecule has 3 rings (SSSR count). The molecule has 1 N–H and O–H groups in total. The summed E-state index contributed by atoms with van der Waals surface area (Å²) < 4.78 is 40.4. The predicted molar refractivity (Wildman–Crippen MR) is 106 cm³/mol. The Balaban J connectivity index is 2.00. The second kappa shape index (κ2) is 7.69. The van der Waals surface area contributed by atoms with Crippen LogP contribution in [0.2, 0.25) is 0 Å². The SMILES string of the molecule is CCN(c1csc(-c2ccc(F)cc2)n1)S(=O)(=O)c1ccc(C)c(C(=O)O)c1. The first-order valence-corrected chi connectivity index (χ1v) is 10.6. The van der Waals surface area contributed by atoms with Gasteiger partial charge in [-0.05, 0) is 55.8 Å². The van der Waals surface area contributed by atoms with E-state index in [1.54, 1.807) is 31.4 Å². The Labute approximate surface area is 166 Å². The minimum atomic E-state index is -4.00. The van der Waals surface area contributed by atoms with Gasteiger partial charge in [-0.25, -0.2) is 26.9 Å². The highest BCUT2D eigenvalue weighted by molar-refractivity contribution is 7.92. The third kappa shape index (κ3) is 3.76. The number of aromatic carboxylic acids is 1. The highest BCUT2D eigenvalue weighted by Gasteiger charge is 2.27. The van der Waals surface area contributed by atoms with Crippen LogP contribution in [-0.4, -0.2) is 31.0 Å². The molecular formula is C19H17FN2O4S2. The quantitative estimate of drug-likeness (QED) is 0.647. The molecule has 0 amide bonds. The van der Waals surface area contributed by atoms with Crippen molar-refractivity contribution >= 4 is 33.1 Å². The minimum absolute atomic E-state index is 0.0672. The fraction of sp³-hybridized carbons (Fsp3) is 0.158. The monoisotopic (exact) mass is 420 g/mol. The molecule has 0 saturated carbocycles. The molecule has 0 bridgehead atoms. The van der Waals surface area contributed by atoms with Gasteiger partial charge in [0.2, 0.25) is 0 Å². The third-order valence-corrected chi connectivity index (χ3v) is 6.91. The highest BCUT2D eigenvalue weighted by Crippen LogP contribution is 2.31. The molecule has 28 heavy (non-hydrogen) atoms. The van der Waals surface area contributed by atoms with Gasteiger partial charge in [-0.15, -0.1) is 11.3 Å². The zero-order valence-corrected chi connectivity index (χ0v) is 16.7. The molecule has 0 aliphatic heterocycles. The van der Waals surface area contributed by atoms with Crippen LogP contribution in [0.15, 0.2) is 52.7 Å². The molecule has 6 nitrogen and oxygen atoms in total. The van der Waals surface area contributed by atoms with Crippen molar-refractivity contribution in [1.82, 2.24) is 4.98 Å². The number of aryl methyl sites for hydroxylation is 1. The van der Waals surface area contributed by atoms with Crippen LogP contribution in [0.1, 0.15) is 22.8 Å². The maximum absolute atomic E-state index is 13.1. The smallest absolute Gasteiger partial charge is 0.335 e. The average molecular weight is 420 g/mol. The molecule has 0 aliphatic rings. The Morgan fingerprint density at radius 2 is 1.89 bits per heavy atom. The Morgan fingerprint density at radius 1 is 1.21 bits per heavy atom. The van der Waals surface area contributed by atoms with E-state index in [1.807, 2.05) is 0 Å². The zero-order chi connectivity index (χ0) is 20.5. The number of carboxylic acid groups (broad SMARTS) is 1. The van der Waals surface area contributed by atoms with Gasteiger partial charge in [0.15, 0.2) is 5.82 Å². The number of carbonyl (C=O) groups is 1. The molecule has 0 spiro atoms. The van der Waals surface area contributed by atoms with Crippen LogP contribution < -0.4 is 4.31 Å². The van der Waals surface area contributed by atoms with E-state index < -0.39 is 16.0 Å². The third-order valence-electron chi connectivity index (χ3n) is 4.15. The van der Waals surface area contributed by atoms with E-state index in [1.165, 1.54) is 35.6 Å². The predicted octanol–water partition coefficient (Wildman–Crippen LogP) is 4.17. The van der Waals surface area contributed by atoms with Crippen molar-refractivity contribution in [3.63, 3.8) is 0 Å². The van der Waals surface area contributed by atoms with Gasteiger partial charge in [0, 0.05) is 17.5 Å². The molecule has 0 aliphatic carbocycles. The molecule has 2 aromatic carbocycles. The first-order valence-electron chi connectivity index (χ1n) is 8.32. The summed E-state index contributed by atoms with van der Waals surface area (Å²) >= 11 is 1.24. The molecular weight excluding hydrogens is 403 g/mol. The summed E-state index contributed by atoms with van der Waals surface area (Å²) in [7, 11) is -4.00. The van der Waals surface area contributed by atoms with Crippen LogP contribution in [0.4, 0.5) is 10.2 Å². The van der Waals surface area contributed by atoms with E-state index in [9.17, 15) is 22.7 Å². The van der Waals surface area contributed by atoms with Crippen molar-refractivity contribution in [2.24, 2.45) is 0 Å². The molecule has 146 valence electrons. The number of sulfonamides is 1. The summed E-state index contributed by atoms with van der Waals surface area (Å²) in [5, 5.41) is 11.4. The number of benzene rings is 2.